The van der Waals surface area contributed by atoms with E-state index in [2.05, 4.69) is 21.2 Å². The first-order valence-electron chi connectivity index (χ1n) is 6.40. The Kier molecular flexibility index (Phi) is 7.18. The normalized spacial score (nSPS) is 11.8. The molecule has 0 aliphatic heterocycles. The van der Waals surface area contributed by atoms with Gasteiger partial charge in [0.25, 0.3) is 0 Å². The molecule has 0 radical (unpaired) electrons. The molecule has 0 aliphatic rings. The Morgan fingerprint density at radius 3 is 2.52 bits per heavy atom. The summed E-state index contributed by atoms with van der Waals surface area (Å²) < 4.78 is 5.98. The fraction of sp³-hybridized carbons (Fsp3) is 0.429. The molecule has 0 aliphatic carbocycles. The maximum atomic E-state index is 11.9. The summed E-state index contributed by atoms with van der Waals surface area (Å²) >= 11 is 3.35. The molecule has 2 N–H and O–H groups in total. The van der Waals surface area contributed by atoms with Gasteiger partial charge in [-0.2, -0.15) is 0 Å². The van der Waals surface area contributed by atoms with Gasteiger partial charge in [0, 0.05) is 31.7 Å². The van der Waals surface area contributed by atoms with Gasteiger partial charge in [-0.15, -0.1) is 0 Å². The van der Waals surface area contributed by atoms with Crippen LogP contribution in [0.5, 0.6) is 0 Å². The second-order valence-corrected chi connectivity index (χ2v) is 5.54. The molecule has 21 heavy (non-hydrogen) atoms. The molecule has 0 bridgehead atoms. The van der Waals surface area contributed by atoms with Gasteiger partial charge in [0.15, 0.2) is 0 Å². The van der Waals surface area contributed by atoms with Gasteiger partial charge in [0.2, 0.25) is 0 Å². The highest BCUT2D eigenvalue weighted by Gasteiger charge is 2.15. The fourth-order valence-corrected chi connectivity index (χ4v) is 1.97. The summed E-state index contributed by atoms with van der Waals surface area (Å²) in [5.74, 6) is -0.959. The van der Waals surface area contributed by atoms with Crippen LogP contribution in [-0.4, -0.2) is 48.8 Å². The molecule has 1 aromatic carbocycles. The average molecular weight is 359 g/mol. The number of hydrogen-bond acceptors (Lipinski definition) is 3. The van der Waals surface area contributed by atoms with Crippen molar-refractivity contribution in [1.82, 2.24) is 10.2 Å². The molecule has 1 rings (SSSR count). The zero-order valence-electron chi connectivity index (χ0n) is 12.0. The second kappa shape index (κ2) is 8.63. The van der Waals surface area contributed by atoms with Gasteiger partial charge in [-0.1, -0.05) is 28.1 Å². The minimum absolute atomic E-state index is 0.146. The van der Waals surface area contributed by atoms with Crippen molar-refractivity contribution in [2.24, 2.45) is 0 Å². The van der Waals surface area contributed by atoms with E-state index in [4.69, 9.17) is 9.84 Å². The predicted octanol–water partition coefficient (Wildman–Crippen LogP) is 2.08. The van der Waals surface area contributed by atoms with Gasteiger partial charge < -0.3 is 20.1 Å². The van der Waals surface area contributed by atoms with Crippen LogP contribution in [-0.2, 0) is 16.1 Å². The number of aliphatic carboxylic acids is 1. The van der Waals surface area contributed by atoms with E-state index < -0.39 is 12.1 Å². The van der Waals surface area contributed by atoms with E-state index in [1.807, 2.05) is 24.3 Å². The van der Waals surface area contributed by atoms with Crippen LogP contribution in [0.15, 0.2) is 28.7 Å². The molecule has 116 valence electrons. The molecule has 1 unspecified atom stereocenters. The molecular weight excluding hydrogens is 340 g/mol. The number of ether oxygens (including phenoxy) is 1. The Morgan fingerprint density at radius 1 is 1.38 bits per heavy atom. The van der Waals surface area contributed by atoms with Gasteiger partial charge in [-0.25, -0.2) is 4.79 Å². The molecule has 0 spiro atoms. The molecule has 0 fully saturated rings. The lowest BCUT2D eigenvalue weighted by atomic mass is 10.2. The third-order valence-electron chi connectivity index (χ3n) is 2.90. The number of carbonyl (C=O) groups excluding carboxylic acids is 1. The number of benzene rings is 1. The van der Waals surface area contributed by atoms with Crippen LogP contribution in [0.3, 0.4) is 0 Å². The van der Waals surface area contributed by atoms with Crippen molar-refractivity contribution in [1.29, 1.82) is 0 Å². The van der Waals surface area contributed by atoms with E-state index in [0.29, 0.717) is 6.54 Å². The summed E-state index contributed by atoms with van der Waals surface area (Å²) in [6.07, 6.45) is -0.680. The molecule has 0 heterocycles. The molecular formula is C14H19BrN2O4. The lowest BCUT2D eigenvalue weighted by molar-refractivity contribution is -0.139. The van der Waals surface area contributed by atoms with E-state index in [1.54, 1.807) is 7.05 Å². The summed E-state index contributed by atoms with van der Waals surface area (Å²) in [7, 11) is 3.10. The topological polar surface area (TPSA) is 78.9 Å². The standard InChI is InChI=1S/C14H19BrN2O4/c1-17(9-10-3-5-11(15)6-4-10)14(20)16-8-12(21-2)7-13(18)19/h3-6,12H,7-9H2,1-2H3,(H,16,20)(H,18,19). The van der Waals surface area contributed by atoms with Gasteiger partial charge in [-0.05, 0) is 17.7 Å². The monoisotopic (exact) mass is 358 g/mol. The number of carboxylic acids is 1. The third kappa shape index (κ3) is 6.59. The molecule has 0 aromatic heterocycles. The van der Waals surface area contributed by atoms with Crippen LogP contribution in [0.25, 0.3) is 0 Å². The predicted molar refractivity (Wildman–Crippen MR) is 82.1 cm³/mol. The Balaban J connectivity index is 2.43. The van der Waals surface area contributed by atoms with Gasteiger partial charge >= 0.3 is 12.0 Å². The van der Waals surface area contributed by atoms with E-state index in [9.17, 15) is 9.59 Å². The highest BCUT2D eigenvalue weighted by atomic mass is 79.9. The van der Waals surface area contributed by atoms with Crippen LogP contribution in [0.4, 0.5) is 4.79 Å². The molecule has 1 aromatic rings. The summed E-state index contributed by atoms with van der Waals surface area (Å²) in [6.45, 7) is 0.627. The van der Waals surface area contributed by atoms with Gasteiger partial charge in [0.1, 0.15) is 0 Å². The third-order valence-corrected chi connectivity index (χ3v) is 3.42. The van der Waals surface area contributed by atoms with Crippen molar-refractivity contribution in [3.05, 3.63) is 34.3 Å². The second-order valence-electron chi connectivity index (χ2n) is 4.62. The Morgan fingerprint density at radius 2 is 2.00 bits per heavy atom. The number of rotatable bonds is 7. The quantitative estimate of drug-likeness (QED) is 0.781. The molecule has 0 saturated heterocycles. The Bertz CT molecular complexity index is 478. The molecule has 2 amide bonds. The van der Waals surface area contributed by atoms with Gasteiger partial charge in [0.05, 0.1) is 12.5 Å². The van der Waals surface area contributed by atoms with Crippen LogP contribution in [0.2, 0.25) is 0 Å². The zero-order chi connectivity index (χ0) is 15.8. The van der Waals surface area contributed by atoms with Crippen LogP contribution >= 0.6 is 15.9 Å². The molecule has 0 saturated carbocycles. The first kappa shape index (κ1) is 17.5. The molecule has 6 nitrogen and oxygen atoms in total. The van der Waals surface area contributed by atoms with Crippen molar-refractivity contribution >= 4 is 27.9 Å². The summed E-state index contributed by atoms with van der Waals surface area (Å²) in [4.78, 5) is 24.1. The molecule has 7 heteroatoms. The fourth-order valence-electron chi connectivity index (χ4n) is 1.71. The lowest BCUT2D eigenvalue weighted by Crippen LogP contribution is -2.41. The smallest absolute Gasteiger partial charge is 0.317 e. The number of halogens is 1. The number of nitrogens with one attached hydrogen (secondary N) is 1. The first-order chi connectivity index (χ1) is 9.92. The van der Waals surface area contributed by atoms with Crippen LogP contribution < -0.4 is 5.32 Å². The molecule has 1 atom stereocenters. The van der Waals surface area contributed by atoms with Crippen LogP contribution in [0.1, 0.15) is 12.0 Å². The highest BCUT2D eigenvalue weighted by Crippen LogP contribution is 2.11. The first-order valence-corrected chi connectivity index (χ1v) is 7.19. The van der Waals surface area contributed by atoms with Crippen molar-refractivity contribution < 1.29 is 19.4 Å². The average Bonchev–Trinajstić information content (AvgIpc) is 2.45. The lowest BCUT2D eigenvalue weighted by Gasteiger charge is -2.20. The number of amides is 2. The Hall–Kier alpha value is -1.60. The van der Waals surface area contributed by atoms with E-state index in [0.717, 1.165) is 10.0 Å². The number of urea groups is 1. The van der Waals surface area contributed by atoms with Crippen molar-refractivity contribution in [2.45, 2.75) is 19.1 Å². The van der Waals surface area contributed by atoms with Crippen molar-refractivity contribution in [2.75, 3.05) is 20.7 Å². The van der Waals surface area contributed by atoms with Crippen molar-refractivity contribution in [3.8, 4) is 0 Å². The highest BCUT2D eigenvalue weighted by molar-refractivity contribution is 9.10. The number of carbonyl (C=O) groups is 2. The van der Waals surface area contributed by atoms with E-state index >= 15 is 0 Å². The maximum absolute atomic E-state index is 11.9. The Labute approximate surface area is 132 Å². The number of hydrogen-bond donors (Lipinski definition) is 2. The van der Waals surface area contributed by atoms with Gasteiger partial charge in [-0.3, -0.25) is 4.79 Å². The SMILES string of the molecule is COC(CNC(=O)N(C)Cc1ccc(Br)cc1)CC(=O)O. The summed E-state index contributed by atoms with van der Waals surface area (Å²) in [6, 6.07) is 7.40. The largest absolute Gasteiger partial charge is 0.481 e. The van der Waals surface area contributed by atoms with Crippen LogP contribution in [0, 0.1) is 0 Å². The summed E-state index contributed by atoms with van der Waals surface area (Å²) in [5, 5.41) is 11.4. The van der Waals surface area contributed by atoms with Crippen molar-refractivity contribution in [3.63, 3.8) is 0 Å². The minimum Gasteiger partial charge on any atom is -0.481 e. The number of carboxylic acid groups (broad SMARTS) is 1. The van der Waals surface area contributed by atoms with E-state index in [1.165, 1.54) is 12.0 Å². The number of nitrogens with zero attached hydrogens (tertiary/aromatic N) is 1. The minimum atomic E-state index is -0.959. The van der Waals surface area contributed by atoms with E-state index in [-0.39, 0.29) is 19.0 Å². The summed E-state index contributed by atoms with van der Waals surface area (Å²) in [5.41, 5.74) is 1.00. The zero-order valence-corrected chi connectivity index (χ0v) is 13.6. The maximum Gasteiger partial charge on any atom is 0.317 e. The number of methoxy groups -OCH3 is 1.